The smallest absolute Gasteiger partial charge is 0.254 e. The number of aromatic nitrogens is 4. The molecule has 4 atom stereocenters. The molecule has 0 spiro atoms. The highest BCUT2D eigenvalue weighted by Crippen LogP contribution is 2.48. The van der Waals surface area contributed by atoms with Crippen LogP contribution in [0.3, 0.4) is 0 Å². The number of rotatable bonds is 2. The lowest BCUT2D eigenvalue weighted by molar-refractivity contribution is 0.0734. The zero-order chi connectivity index (χ0) is 28.6. The van der Waals surface area contributed by atoms with Crippen molar-refractivity contribution in [1.82, 2.24) is 24.4 Å². The first kappa shape index (κ1) is 19.8. The lowest BCUT2D eigenvalue weighted by atomic mass is 9.93. The topological polar surface area (TPSA) is 113 Å². The summed E-state index contributed by atoms with van der Waals surface area (Å²) >= 11 is 0. The zero-order valence-corrected chi connectivity index (χ0v) is 20.7. The summed E-state index contributed by atoms with van der Waals surface area (Å²) in [6.45, 7) is -0.0353. The van der Waals surface area contributed by atoms with Gasteiger partial charge in [0.25, 0.3) is 5.91 Å². The van der Waals surface area contributed by atoms with E-state index in [2.05, 4.69) is 26.4 Å². The first-order valence-electron chi connectivity index (χ1n) is 14.1. The Balaban J connectivity index is 1.36. The average Bonchev–Trinajstić information content (AvgIpc) is 3.57. The number of aliphatic hydroxyl groups excluding tert-OH is 1. The van der Waals surface area contributed by atoms with E-state index in [4.69, 9.17) is 14.8 Å². The van der Waals surface area contributed by atoms with E-state index in [-0.39, 0.29) is 12.1 Å². The van der Waals surface area contributed by atoms with Crippen molar-refractivity contribution in [3.63, 3.8) is 0 Å². The summed E-state index contributed by atoms with van der Waals surface area (Å²) in [7, 11) is 0. The van der Waals surface area contributed by atoms with Crippen molar-refractivity contribution in [2.24, 2.45) is 5.73 Å². The molecule has 3 aliphatic heterocycles. The minimum atomic E-state index is -2.65. The van der Waals surface area contributed by atoms with Crippen LogP contribution in [0.1, 0.15) is 56.8 Å². The fourth-order valence-corrected chi connectivity index (χ4v) is 5.98. The van der Waals surface area contributed by atoms with E-state index < -0.39 is 25.0 Å². The predicted octanol–water partition coefficient (Wildman–Crippen LogP) is 2.49. The largest absolute Gasteiger partial charge is 0.390 e. The van der Waals surface area contributed by atoms with Gasteiger partial charge >= 0.3 is 0 Å². The van der Waals surface area contributed by atoms with Gasteiger partial charge in [-0.1, -0.05) is 18.1 Å². The monoisotopic (exact) mass is 508 g/mol. The molecule has 0 unspecified atom stereocenters. The van der Waals surface area contributed by atoms with E-state index >= 15 is 0 Å². The Morgan fingerprint density at radius 1 is 1.13 bits per heavy atom. The van der Waals surface area contributed by atoms with Crippen LogP contribution in [0.25, 0.3) is 22.2 Å². The minimum Gasteiger partial charge on any atom is -0.390 e. The third kappa shape index (κ3) is 3.27. The molecule has 190 valence electrons. The number of hydrogen-bond acceptors (Lipinski definition) is 7. The van der Waals surface area contributed by atoms with Crippen LogP contribution < -0.4 is 10.6 Å². The Morgan fingerprint density at radius 3 is 2.71 bits per heavy atom. The van der Waals surface area contributed by atoms with Gasteiger partial charge in [0.05, 0.1) is 29.2 Å². The second-order valence-electron chi connectivity index (χ2n) is 10.0. The van der Waals surface area contributed by atoms with Crippen LogP contribution >= 0.6 is 0 Å². The number of β-amino-alcohol motifs (C(OH)–C–C–N with tert-alkyl or cyclic N) is 1. The Hall–Kier alpha value is -4.26. The van der Waals surface area contributed by atoms with Crippen LogP contribution in [0.5, 0.6) is 0 Å². The molecule has 1 amide bonds. The molecule has 3 N–H and O–H groups in total. The third-order valence-electron chi connectivity index (χ3n) is 7.82. The predicted molar refractivity (Wildman–Crippen MR) is 144 cm³/mol. The number of amides is 1. The highest BCUT2D eigenvalue weighted by atomic mass is 16.3. The Labute approximate surface area is 224 Å². The normalized spacial score (nSPS) is 25.2. The van der Waals surface area contributed by atoms with E-state index in [1.165, 1.54) is 0 Å². The molecule has 2 aromatic heterocycles. The fourth-order valence-electron chi connectivity index (χ4n) is 5.98. The van der Waals surface area contributed by atoms with Gasteiger partial charge in [0.2, 0.25) is 5.95 Å². The van der Waals surface area contributed by atoms with Crippen LogP contribution in [0, 0.1) is 11.8 Å². The van der Waals surface area contributed by atoms with Crippen LogP contribution in [0.2, 0.25) is 0 Å². The summed E-state index contributed by atoms with van der Waals surface area (Å²) in [6.07, 6.45) is 3.26. The van der Waals surface area contributed by atoms with Gasteiger partial charge in [0.1, 0.15) is 5.82 Å². The molecule has 0 aliphatic carbocycles. The van der Waals surface area contributed by atoms with Gasteiger partial charge in [-0.2, -0.15) is 0 Å². The summed E-state index contributed by atoms with van der Waals surface area (Å²) in [6, 6.07) is 9.77. The maximum absolute atomic E-state index is 13.7. The molecular weight excluding hydrogens is 478 g/mol. The summed E-state index contributed by atoms with van der Waals surface area (Å²) in [5.74, 6) is 6.58. The Morgan fingerprint density at radius 2 is 1.97 bits per heavy atom. The molecule has 4 aromatic rings. The maximum Gasteiger partial charge on any atom is 0.254 e. The number of hydrogen-bond donors (Lipinski definition) is 2. The summed E-state index contributed by atoms with van der Waals surface area (Å²) in [5.41, 5.74) is 10.9. The fraction of sp³-hybridized carbons (Fsp3) is 0.310. The Kier molecular flexibility index (Phi) is 4.37. The van der Waals surface area contributed by atoms with Gasteiger partial charge in [-0.3, -0.25) is 4.79 Å². The molecule has 1 fully saturated rings. The van der Waals surface area contributed by atoms with Gasteiger partial charge in [0.15, 0.2) is 0 Å². The number of anilines is 1. The number of imidazole rings is 1. The molecule has 0 saturated carbocycles. The van der Waals surface area contributed by atoms with Gasteiger partial charge in [-0.15, -0.1) is 5.92 Å². The number of aliphatic hydroxyl groups is 1. The standard InChI is InChI=1S/C29H27N7O2/c1-3-5-16-6-4-7-19-26(16)23-11-24(34(2)28(19)38)27-33-21-9-8-17(10-22(21)36(23)27)18-12-31-29(32-13-18)35-14-20(30)25(37)15-35/h4,6-10,12-13,20,23-25,37H,11,14-15,30H2,1-2H3/t20-,23-,24-,25-/m1/s1/i2D3. The highest BCUT2D eigenvalue weighted by Gasteiger charge is 2.44. The second kappa shape index (κ2) is 8.38. The van der Waals surface area contributed by atoms with Crippen molar-refractivity contribution < 1.29 is 14.0 Å². The van der Waals surface area contributed by atoms with Gasteiger partial charge in [-0.05, 0) is 36.8 Å². The first-order chi connectivity index (χ1) is 19.7. The summed E-state index contributed by atoms with van der Waals surface area (Å²) in [4.78, 5) is 30.5. The third-order valence-corrected chi connectivity index (χ3v) is 7.82. The molecule has 1 saturated heterocycles. The van der Waals surface area contributed by atoms with Gasteiger partial charge in [-0.25, -0.2) is 15.0 Å². The number of nitrogens with zero attached hydrogens (tertiary/aromatic N) is 6. The lowest BCUT2D eigenvalue weighted by Crippen LogP contribution is -2.32. The van der Waals surface area contributed by atoms with E-state index in [1.54, 1.807) is 31.5 Å². The average molecular weight is 509 g/mol. The summed E-state index contributed by atoms with van der Waals surface area (Å²) < 4.78 is 26.8. The van der Waals surface area contributed by atoms with Crippen molar-refractivity contribution in [1.29, 1.82) is 0 Å². The molecule has 2 bridgehead atoms. The van der Waals surface area contributed by atoms with Crippen molar-refractivity contribution in [2.75, 3.05) is 25.0 Å². The molecule has 3 aliphatic rings. The van der Waals surface area contributed by atoms with Crippen LogP contribution in [-0.4, -0.2) is 67.6 Å². The van der Waals surface area contributed by atoms with E-state index in [1.807, 2.05) is 29.2 Å². The quantitative estimate of drug-likeness (QED) is 0.400. The number of nitrogens with two attached hydrogens (primary N) is 1. The molecule has 7 rings (SSSR count). The van der Waals surface area contributed by atoms with Crippen molar-refractivity contribution in [3.05, 3.63) is 71.3 Å². The molecule has 9 heteroatoms. The number of carbonyl (C=O) groups is 1. The van der Waals surface area contributed by atoms with Gasteiger partial charge < -0.3 is 25.2 Å². The molecule has 38 heavy (non-hydrogen) atoms. The second-order valence-corrected chi connectivity index (χ2v) is 10.0. The molecule has 9 nitrogen and oxygen atoms in total. The van der Waals surface area contributed by atoms with Crippen LogP contribution in [0.4, 0.5) is 5.95 Å². The molecule has 0 radical (unpaired) electrons. The minimum absolute atomic E-state index is 0.317. The van der Waals surface area contributed by atoms with Crippen molar-refractivity contribution in [2.45, 2.75) is 37.6 Å². The number of fused-ring (bicyclic) bond motifs is 9. The first-order valence-corrected chi connectivity index (χ1v) is 12.6. The zero-order valence-electron chi connectivity index (χ0n) is 23.7. The SMILES string of the molecule is [2H]C([2H])([2H])N1C(=O)c2cccc(C#CC)c2[C@H]2C[C@@H]1c1nc3ccc(-c4cnc(N5C[C@@H](N)[C@H](O)C5)nc4)cc3n12. The van der Waals surface area contributed by atoms with E-state index in [0.29, 0.717) is 47.9 Å². The van der Waals surface area contributed by atoms with E-state index in [0.717, 1.165) is 27.1 Å². The maximum atomic E-state index is 13.7. The summed E-state index contributed by atoms with van der Waals surface area (Å²) in [5, 5.41) is 9.99. The van der Waals surface area contributed by atoms with Crippen molar-refractivity contribution >= 4 is 22.9 Å². The molecule has 5 heterocycles. The van der Waals surface area contributed by atoms with E-state index in [9.17, 15) is 9.90 Å². The number of benzene rings is 2. The highest BCUT2D eigenvalue weighted by molar-refractivity contribution is 5.98. The van der Waals surface area contributed by atoms with Crippen LogP contribution in [-0.2, 0) is 0 Å². The molecular formula is C29H27N7O2. The van der Waals surface area contributed by atoms with Crippen LogP contribution in [0.15, 0.2) is 48.8 Å². The molecule has 2 aromatic carbocycles. The van der Waals surface area contributed by atoms with Gasteiger partial charge in [0, 0.05) is 71.3 Å². The lowest BCUT2D eigenvalue weighted by Gasteiger charge is -2.24. The Bertz CT molecular complexity index is 1760. The van der Waals surface area contributed by atoms with Crippen molar-refractivity contribution in [3.8, 4) is 23.0 Å². The number of carbonyl (C=O) groups excluding carboxylic acids is 1.